The molecule has 5 nitrogen and oxygen atoms in total. The second-order valence-corrected chi connectivity index (χ2v) is 7.48. The van der Waals surface area contributed by atoms with Gasteiger partial charge < -0.3 is 4.74 Å². The highest BCUT2D eigenvalue weighted by Crippen LogP contribution is 2.21. The highest BCUT2D eigenvalue weighted by molar-refractivity contribution is 7.88. The van der Waals surface area contributed by atoms with Crippen LogP contribution in [0.4, 0.5) is 0 Å². The average Bonchev–Trinajstić information content (AvgIpc) is 2.38. The van der Waals surface area contributed by atoms with Crippen LogP contribution in [0.2, 0.25) is 0 Å². The van der Waals surface area contributed by atoms with E-state index in [4.69, 9.17) is 10.00 Å². The van der Waals surface area contributed by atoms with Gasteiger partial charge in [0.2, 0.25) is 10.0 Å². The number of morpholine rings is 1. The Morgan fingerprint density at radius 1 is 1.35 bits per heavy atom. The maximum Gasteiger partial charge on any atom is 0.218 e. The summed E-state index contributed by atoms with van der Waals surface area (Å²) in [6, 6.07) is 8.65. The molecule has 0 radical (unpaired) electrons. The third kappa shape index (κ3) is 3.57. The molecule has 6 heteroatoms. The highest BCUT2D eigenvalue weighted by Gasteiger charge is 2.33. The predicted octanol–water partition coefficient (Wildman–Crippen LogP) is 1.50. The Morgan fingerprint density at radius 2 is 2.00 bits per heavy atom. The standard InChI is InChI=1S/C14H18N2O3S/c1-14(2)11-16(7-8-19-14)20(17,18)10-13-5-3-12(9-15)4-6-13/h3-6H,7-8,10-11H2,1-2H3. The Labute approximate surface area is 119 Å². The monoisotopic (exact) mass is 294 g/mol. The van der Waals surface area contributed by atoms with E-state index in [2.05, 4.69) is 0 Å². The van der Waals surface area contributed by atoms with Crippen molar-refractivity contribution < 1.29 is 13.2 Å². The van der Waals surface area contributed by atoms with Crippen LogP contribution < -0.4 is 0 Å². The van der Waals surface area contributed by atoms with Crippen LogP contribution in [-0.2, 0) is 20.5 Å². The van der Waals surface area contributed by atoms with Crippen molar-refractivity contribution in [3.8, 4) is 6.07 Å². The van der Waals surface area contributed by atoms with E-state index >= 15 is 0 Å². The van der Waals surface area contributed by atoms with Gasteiger partial charge in [0.15, 0.2) is 0 Å². The number of nitriles is 1. The van der Waals surface area contributed by atoms with E-state index in [-0.39, 0.29) is 5.75 Å². The lowest BCUT2D eigenvalue weighted by Crippen LogP contribution is -2.50. The molecular weight excluding hydrogens is 276 g/mol. The SMILES string of the molecule is CC1(C)CN(S(=O)(=O)Cc2ccc(C#N)cc2)CCO1. The van der Waals surface area contributed by atoms with Gasteiger partial charge in [-0.15, -0.1) is 0 Å². The van der Waals surface area contributed by atoms with Crippen LogP contribution in [-0.4, -0.2) is 38.0 Å². The van der Waals surface area contributed by atoms with Crippen molar-refractivity contribution in [2.75, 3.05) is 19.7 Å². The average molecular weight is 294 g/mol. The summed E-state index contributed by atoms with van der Waals surface area (Å²) < 4.78 is 31.8. The molecule has 1 aromatic carbocycles. The van der Waals surface area contributed by atoms with Crippen LogP contribution in [0.25, 0.3) is 0 Å². The van der Waals surface area contributed by atoms with E-state index in [0.717, 1.165) is 0 Å². The molecule has 0 atom stereocenters. The first-order valence-electron chi connectivity index (χ1n) is 6.43. The molecule has 1 aromatic rings. The fraction of sp³-hybridized carbons (Fsp3) is 0.500. The lowest BCUT2D eigenvalue weighted by Gasteiger charge is -2.37. The summed E-state index contributed by atoms with van der Waals surface area (Å²) in [5.74, 6) is -0.0468. The summed E-state index contributed by atoms with van der Waals surface area (Å²) in [6.07, 6.45) is 0. The van der Waals surface area contributed by atoms with Crippen molar-refractivity contribution in [2.24, 2.45) is 0 Å². The van der Waals surface area contributed by atoms with Gasteiger partial charge in [0, 0.05) is 13.1 Å². The first-order valence-corrected chi connectivity index (χ1v) is 8.04. The lowest BCUT2D eigenvalue weighted by atomic mass is 10.1. The number of ether oxygens (including phenoxy) is 1. The van der Waals surface area contributed by atoms with E-state index in [9.17, 15) is 8.42 Å². The molecule has 0 bridgehead atoms. The van der Waals surface area contributed by atoms with Crippen LogP contribution in [0.15, 0.2) is 24.3 Å². The van der Waals surface area contributed by atoms with Crippen molar-refractivity contribution in [3.63, 3.8) is 0 Å². The van der Waals surface area contributed by atoms with Crippen LogP contribution in [0, 0.1) is 11.3 Å². The number of rotatable bonds is 3. The zero-order valence-corrected chi connectivity index (χ0v) is 12.5. The smallest absolute Gasteiger partial charge is 0.218 e. The van der Waals surface area contributed by atoms with Gasteiger partial charge in [-0.1, -0.05) is 12.1 Å². The lowest BCUT2D eigenvalue weighted by molar-refractivity contribution is -0.0640. The third-order valence-electron chi connectivity index (χ3n) is 3.22. The molecule has 1 saturated heterocycles. The Kier molecular flexibility index (Phi) is 4.14. The van der Waals surface area contributed by atoms with Crippen LogP contribution in [0.5, 0.6) is 0 Å². The number of benzene rings is 1. The first-order chi connectivity index (χ1) is 9.32. The van der Waals surface area contributed by atoms with Gasteiger partial charge in [0.1, 0.15) is 0 Å². The summed E-state index contributed by atoms with van der Waals surface area (Å²) in [6.45, 7) is 4.94. The second-order valence-electron chi connectivity index (χ2n) is 5.51. The van der Waals surface area contributed by atoms with Crippen LogP contribution >= 0.6 is 0 Å². The molecule has 0 aromatic heterocycles. The normalized spacial score (nSPS) is 19.4. The topological polar surface area (TPSA) is 70.4 Å². The molecule has 1 aliphatic rings. The van der Waals surface area contributed by atoms with Crippen LogP contribution in [0.1, 0.15) is 25.0 Å². The van der Waals surface area contributed by atoms with Crippen molar-refractivity contribution >= 4 is 10.0 Å². The number of hydrogen-bond acceptors (Lipinski definition) is 4. The fourth-order valence-corrected chi connectivity index (χ4v) is 3.84. The molecule has 108 valence electrons. The largest absolute Gasteiger partial charge is 0.373 e. The fourth-order valence-electron chi connectivity index (χ4n) is 2.19. The minimum atomic E-state index is -3.36. The maximum absolute atomic E-state index is 12.4. The molecular formula is C14H18N2O3S. The Balaban J connectivity index is 2.12. The van der Waals surface area contributed by atoms with E-state index in [1.807, 2.05) is 19.9 Å². The van der Waals surface area contributed by atoms with E-state index in [0.29, 0.717) is 30.8 Å². The number of hydrogen-bond donors (Lipinski definition) is 0. The second kappa shape index (κ2) is 5.52. The summed E-state index contributed by atoms with van der Waals surface area (Å²) in [5.41, 5.74) is 0.766. The number of nitrogens with zero attached hydrogens (tertiary/aromatic N) is 2. The number of sulfonamides is 1. The molecule has 0 spiro atoms. The van der Waals surface area contributed by atoms with Crippen molar-refractivity contribution in [3.05, 3.63) is 35.4 Å². The first kappa shape index (κ1) is 15.0. The van der Waals surface area contributed by atoms with Gasteiger partial charge in [0.05, 0.1) is 29.6 Å². The van der Waals surface area contributed by atoms with Gasteiger partial charge in [0.25, 0.3) is 0 Å². The summed E-state index contributed by atoms with van der Waals surface area (Å²) in [4.78, 5) is 0. The molecule has 0 amide bonds. The van der Waals surface area contributed by atoms with Gasteiger partial charge in [-0.2, -0.15) is 9.57 Å². The summed E-state index contributed by atoms with van der Waals surface area (Å²) >= 11 is 0. The zero-order chi connectivity index (χ0) is 14.8. The Morgan fingerprint density at radius 3 is 2.55 bits per heavy atom. The quantitative estimate of drug-likeness (QED) is 0.847. The van der Waals surface area contributed by atoms with Crippen molar-refractivity contribution in [1.29, 1.82) is 5.26 Å². The summed E-state index contributed by atoms with van der Waals surface area (Å²) in [7, 11) is -3.36. The van der Waals surface area contributed by atoms with Crippen LogP contribution in [0.3, 0.4) is 0 Å². The highest BCUT2D eigenvalue weighted by atomic mass is 32.2. The molecule has 1 fully saturated rings. The summed E-state index contributed by atoms with van der Waals surface area (Å²) in [5, 5.41) is 8.73. The van der Waals surface area contributed by atoms with Gasteiger partial charge >= 0.3 is 0 Å². The Hall–Kier alpha value is -1.42. The zero-order valence-electron chi connectivity index (χ0n) is 11.7. The molecule has 2 rings (SSSR count). The van der Waals surface area contributed by atoms with Gasteiger partial charge in [-0.25, -0.2) is 8.42 Å². The molecule has 0 saturated carbocycles. The molecule has 1 heterocycles. The van der Waals surface area contributed by atoms with E-state index in [1.165, 1.54) is 4.31 Å². The molecule has 0 N–H and O–H groups in total. The molecule has 20 heavy (non-hydrogen) atoms. The van der Waals surface area contributed by atoms with E-state index < -0.39 is 15.6 Å². The van der Waals surface area contributed by atoms with Crippen molar-refractivity contribution in [1.82, 2.24) is 4.31 Å². The molecule has 1 aliphatic heterocycles. The third-order valence-corrected chi connectivity index (χ3v) is 5.01. The minimum absolute atomic E-state index is 0.0468. The van der Waals surface area contributed by atoms with Crippen molar-refractivity contribution in [2.45, 2.75) is 25.2 Å². The molecule has 0 aliphatic carbocycles. The maximum atomic E-state index is 12.4. The minimum Gasteiger partial charge on any atom is -0.373 e. The van der Waals surface area contributed by atoms with E-state index in [1.54, 1.807) is 24.3 Å². The molecule has 0 unspecified atom stereocenters. The Bertz CT molecular complexity index is 615. The van der Waals surface area contributed by atoms with Gasteiger partial charge in [-0.05, 0) is 31.5 Å². The predicted molar refractivity (Wildman–Crippen MR) is 75.4 cm³/mol. The van der Waals surface area contributed by atoms with Gasteiger partial charge in [-0.3, -0.25) is 0 Å².